The number of carbonyl (C=O) groups is 1. The molecule has 0 atom stereocenters. The van der Waals surface area contributed by atoms with Crippen LogP contribution in [0.25, 0.3) is 22.1 Å². The molecule has 3 aromatic heterocycles. The van der Waals surface area contributed by atoms with E-state index in [1.807, 2.05) is 35.4 Å². The van der Waals surface area contributed by atoms with Gasteiger partial charge in [-0.15, -0.1) is 0 Å². The van der Waals surface area contributed by atoms with E-state index in [4.69, 9.17) is 4.98 Å². The summed E-state index contributed by atoms with van der Waals surface area (Å²) in [6, 6.07) is 10.3. The number of fused-ring (bicyclic) bond motifs is 2. The molecule has 0 spiro atoms. The monoisotopic (exact) mass is 415 g/mol. The first kappa shape index (κ1) is 19.8. The van der Waals surface area contributed by atoms with Crippen molar-refractivity contribution in [2.45, 2.75) is 52.5 Å². The van der Waals surface area contributed by atoms with E-state index in [9.17, 15) is 4.79 Å². The number of benzene rings is 1. The minimum Gasteiger partial charge on any atom is -0.358 e. The van der Waals surface area contributed by atoms with E-state index in [2.05, 4.69) is 48.3 Å². The van der Waals surface area contributed by atoms with Crippen LogP contribution in [-0.2, 0) is 0 Å². The summed E-state index contributed by atoms with van der Waals surface area (Å²) in [5.74, 6) is 1.52. The number of aromatic nitrogens is 4. The molecule has 1 saturated heterocycles. The number of para-hydroxylation sites is 1. The van der Waals surface area contributed by atoms with E-state index < -0.39 is 0 Å². The quantitative estimate of drug-likeness (QED) is 0.504. The Morgan fingerprint density at radius 1 is 1.13 bits per heavy atom. The van der Waals surface area contributed by atoms with Gasteiger partial charge in [-0.1, -0.05) is 26.0 Å². The second-order valence-corrected chi connectivity index (χ2v) is 8.97. The predicted molar refractivity (Wildman–Crippen MR) is 124 cm³/mol. The number of nitrogens with one attached hydrogen (secondary N) is 1. The third kappa shape index (κ3) is 3.21. The smallest absolute Gasteiger partial charge is 0.255 e. The predicted octanol–water partition coefficient (Wildman–Crippen LogP) is 5.13. The molecular weight excluding hydrogens is 386 g/mol. The molecule has 0 radical (unpaired) electrons. The lowest BCUT2D eigenvalue weighted by Crippen LogP contribution is -2.39. The van der Waals surface area contributed by atoms with Gasteiger partial charge in [0.2, 0.25) is 0 Å². The SMILES string of the molecule is Cc1[nH]c2c(C(=O)N3CCC(n4c(C(C)C)nc5cccnc54)CC3)cccc2c1C. The van der Waals surface area contributed by atoms with E-state index in [-0.39, 0.29) is 5.91 Å². The molecule has 6 nitrogen and oxygen atoms in total. The Balaban J connectivity index is 1.41. The molecule has 160 valence electrons. The van der Waals surface area contributed by atoms with Crippen molar-refractivity contribution in [3.63, 3.8) is 0 Å². The summed E-state index contributed by atoms with van der Waals surface area (Å²) in [7, 11) is 0. The van der Waals surface area contributed by atoms with E-state index in [1.54, 1.807) is 0 Å². The molecule has 1 aliphatic rings. The van der Waals surface area contributed by atoms with Crippen molar-refractivity contribution in [3.8, 4) is 0 Å². The van der Waals surface area contributed by atoms with Gasteiger partial charge in [-0.25, -0.2) is 9.97 Å². The zero-order chi connectivity index (χ0) is 21.7. The number of nitrogens with zero attached hydrogens (tertiary/aromatic N) is 4. The molecule has 1 fully saturated rings. The number of aryl methyl sites for hydroxylation is 2. The van der Waals surface area contributed by atoms with Gasteiger partial charge in [0.15, 0.2) is 5.65 Å². The molecule has 1 aromatic carbocycles. The molecule has 1 N–H and O–H groups in total. The van der Waals surface area contributed by atoms with Crippen LogP contribution in [0.4, 0.5) is 0 Å². The van der Waals surface area contributed by atoms with Gasteiger partial charge in [0, 0.05) is 42.3 Å². The molecule has 0 aliphatic carbocycles. The molecule has 31 heavy (non-hydrogen) atoms. The summed E-state index contributed by atoms with van der Waals surface area (Å²) in [5.41, 5.74) is 5.96. The molecule has 1 aliphatic heterocycles. The van der Waals surface area contributed by atoms with E-state index in [0.29, 0.717) is 12.0 Å². The van der Waals surface area contributed by atoms with Crippen molar-refractivity contribution in [3.05, 3.63) is 59.2 Å². The molecule has 1 amide bonds. The highest BCUT2D eigenvalue weighted by atomic mass is 16.2. The summed E-state index contributed by atoms with van der Waals surface area (Å²) < 4.78 is 2.32. The molecule has 5 rings (SSSR count). The average Bonchev–Trinajstić information content (AvgIpc) is 3.31. The van der Waals surface area contributed by atoms with Gasteiger partial charge < -0.3 is 14.5 Å². The largest absolute Gasteiger partial charge is 0.358 e. The minimum absolute atomic E-state index is 0.114. The molecule has 4 heterocycles. The second kappa shape index (κ2) is 7.52. The molecular formula is C25H29N5O. The molecule has 0 unspecified atom stereocenters. The number of hydrogen-bond donors (Lipinski definition) is 1. The topological polar surface area (TPSA) is 66.8 Å². The Kier molecular flexibility index (Phi) is 4.80. The number of rotatable bonds is 3. The Morgan fingerprint density at radius 3 is 2.65 bits per heavy atom. The van der Waals surface area contributed by atoms with Crippen molar-refractivity contribution in [2.24, 2.45) is 0 Å². The summed E-state index contributed by atoms with van der Waals surface area (Å²) in [5, 5.41) is 1.13. The molecule has 6 heteroatoms. The van der Waals surface area contributed by atoms with Crippen LogP contribution in [-0.4, -0.2) is 43.4 Å². The third-order valence-electron chi connectivity index (χ3n) is 6.68. The van der Waals surface area contributed by atoms with Crippen LogP contribution in [0.2, 0.25) is 0 Å². The molecule has 0 saturated carbocycles. The first-order valence-electron chi connectivity index (χ1n) is 11.2. The first-order valence-corrected chi connectivity index (χ1v) is 11.2. The Morgan fingerprint density at radius 2 is 1.90 bits per heavy atom. The lowest BCUT2D eigenvalue weighted by Gasteiger charge is -2.34. The Hall–Kier alpha value is -3.15. The van der Waals surface area contributed by atoms with Gasteiger partial charge in [-0.3, -0.25) is 4.79 Å². The van der Waals surface area contributed by atoms with Gasteiger partial charge in [-0.05, 0) is 50.5 Å². The highest BCUT2D eigenvalue weighted by molar-refractivity contribution is 6.06. The third-order valence-corrected chi connectivity index (χ3v) is 6.68. The number of carbonyl (C=O) groups excluding carboxylic acids is 1. The zero-order valence-electron chi connectivity index (χ0n) is 18.6. The van der Waals surface area contributed by atoms with Gasteiger partial charge >= 0.3 is 0 Å². The fourth-order valence-electron chi connectivity index (χ4n) is 4.87. The fraction of sp³-hybridized carbons (Fsp3) is 0.400. The van der Waals surface area contributed by atoms with Crippen molar-refractivity contribution < 1.29 is 4.79 Å². The van der Waals surface area contributed by atoms with Crippen LogP contribution in [0, 0.1) is 13.8 Å². The zero-order valence-corrected chi connectivity index (χ0v) is 18.6. The second-order valence-electron chi connectivity index (χ2n) is 8.97. The van der Waals surface area contributed by atoms with Crippen molar-refractivity contribution in [2.75, 3.05) is 13.1 Å². The fourth-order valence-corrected chi connectivity index (χ4v) is 4.87. The lowest BCUT2D eigenvalue weighted by molar-refractivity contribution is 0.0696. The Bertz CT molecular complexity index is 1270. The maximum Gasteiger partial charge on any atom is 0.255 e. The van der Waals surface area contributed by atoms with Crippen LogP contribution in [0.1, 0.15) is 66.1 Å². The maximum atomic E-state index is 13.4. The van der Waals surface area contributed by atoms with Gasteiger partial charge in [0.05, 0.1) is 11.1 Å². The summed E-state index contributed by atoms with van der Waals surface area (Å²) >= 11 is 0. The van der Waals surface area contributed by atoms with E-state index in [0.717, 1.165) is 65.1 Å². The number of likely N-dealkylation sites (tertiary alicyclic amines) is 1. The normalized spacial score (nSPS) is 15.5. The van der Waals surface area contributed by atoms with E-state index >= 15 is 0 Å². The summed E-state index contributed by atoms with van der Waals surface area (Å²) in [6.45, 7) is 9.99. The number of aromatic amines is 1. The number of piperidine rings is 1. The summed E-state index contributed by atoms with van der Waals surface area (Å²) in [6.07, 6.45) is 3.66. The first-order chi connectivity index (χ1) is 15.0. The van der Waals surface area contributed by atoms with Crippen LogP contribution < -0.4 is 0 Å². The van der Waals surface area contributed by atoms with Gasteiger partial charge in [0.25, 0.3) is 5.91 Å². The van der Waals surface area contributed by atoms with Crippen LogP contribution in [0.3, 0.4) is 0 Å². The minimum atomic E-state index is 0.114. The van der Waals surface area contributed by atoms with Crippen LogP contribution in [0.15, 0.2) is 36.5 Å². The van der Waals surface area contributed by atoms with Crippen LogP contribution in [0.5, 0.6) is 0 Å². The van der Waals surface area contributed by atoms with Gasteiger partial charge in [-0.2, -0.15) is 0 Å². The highest BCUT2D eigenvalue weighted by Gasteiger charge is 2.29. The number of H-pyrrole nitrogens is 1. The Labute approximate surface area is 182 Å². The number of imidazole rings is 1. The molecule has 4 aromatic rings. The number of hydrogen-bond acceptors (Lipinski definition) is 3. The van der Waals surface area contributed by atoms with Crippen molar-refractivity contribution in [1.29, 1.82) is 0 Å². The number of pyridine rings is 1. The lowest BCUT2D eigenvalue weighted by atomic mass is 10.0. The highest BCUT2D eigenvalue weighted by Crippen LogP contribution is 2.32. The van der Waals surface area contributed by atoms with Crippen molar-refractivity contribution >= 4 is 28.0 Å². The van der Waals surface area contributed by atoms with Gasteiger partial charge in [0.1, 0.15) is 11.3 Å². The van der Waals surface area contributed by atoms with E-state index in [1.165, 1.54) is 5.56 Å². The van der Waals surface area contributed by atoms with Crippen LogP contribution >= 0.6 is 0 Å². The molecule has 0 bridgehead atoms. The number of amides is 1. The standard InChI is InChI=1S/C25H29N5O/c1-15(2)23-28-21-9-6-12-26-24(21)30(23)18-10-13-29(14-11-18)25(31)20-8-5-7-19-16(3)17(4)27-22(19)20/h5-9,12,15,18,27H,10-11,13-14H2,1-4H3. The average molecular weight is 416 g/mol. The summed E-state index contributed by atoms with van der Waals surface area (Å²) in [4.78, 5) is 28.3. The van der Waals surface area contributed by atoms with Crippen molar-refractivity contribution in [1.82, 2.24) is 24.4 Å². The maximum absolute atomic E-state index is 13.4.